The molecule has 1 unspecified atom stereocenters. The van der Waals surface area contributed by atoms with Crippen LogP contribution in [0, 0.1) is 10.1 Å². The summed E-state index contributed by atoms with van der Waals surface area (Å²) in [7, 11) is 2.03. The predicted octanol–water partition coefficient (Wildman–Crippen LogP) is 5.43. The van der Waals surface area contributed by atoms with Crippen molar-refractivity contribution < 1.29 is 9.66 Å². The highest BCUT2D eigenvalue weighted by Crippen LogP contribution is 2.49. The van der Waals surface area contributed by atoms with Crippen LogP contribution in [0.4, 0.5) is 5.69 Å². The molecule has 0 aromatic heterocycles. The molecule has 0 saturated heterocycles. The Hall–Kier alpha value is -2.37. The van der Waals surface area contributed by atoms with Crippen LogP contribution >= 0.6 is 11.6 Å². The summed E-state index contributed by atoms with van der Waals surface area (Å²) in [6.07, 6.45) is 5.87. The Morgan fingerprint density at radius 2 is 2.04 bits per heavy atom. The zero-order valence-electron chi connectivity index (χ0n) is 15.2. The van der Waals surface area contributed by atoms with Crippen LogP contribution in [0.1, 0.15) is 36.8 Å². The third-order valence-electron chi connectivity index (χ3n) is 5.45. The Balaban J connectivity index is 1.78. The molecule has 1 heterocycles. The minimum atomic E-state index is -0.653. The Morgan fingerprint density at radius 1 is 1.26 bits per heavy atom. The highest BCUT2D eigenvalue weighted by molar-refractivity contribution is 6.31. The lowest BCUT2D eigenvalue weighted by molar-refractivity contribution is -0.386. The van der Waals surface area contributed by atoms with Crippen molar-refractivity contribution in [2.24, 2.45) is 0 Å². The van der Waals surface area contributed by atoms with Crippen LogP contribution in [0.25, 0.3) is 6.08 Å². The minimum absolute atomic E-state index is 0.0779. The largest absolute Gasteiger partial charge is 0.461 e. The van der Waals surface area contributed by atoms with Gasteiger partial charge in [0.05, 0.1) is 4.92 Å². The summed E-state index contributed by atoms with van der Waals surface area (Å²) in [5.74, 6) is 0.315. The lowest BCUT2D eigenvalue weighted by Crippen LogP contribution is -2.54. The van der Waals surface area contributed by atoms with E-state index in [0.717, 1.165) is 31.3 Å². The van der Waals surface area contributed by atoms with Gasteiger partial charge < -0.3 is 4.74 Å². The maximum atomic E-state index is 11.6. The number of nitro groups is 1. The average molecular weight is 385 g/mol. The average Bonchev–Trinajstić information content (AvgIpc) is 2.66. The number of likely N-dealkylation sites (N-methyl/N-ethyl adjacent to an activating group) is 1. The van der Waals surface area contributed by atoms with Crippen LogP contribution in [0.15, 0.2) is 48.0 Å². The molecule has 1 fully saturated rings. The Labute approximate surface area is 163 Å². The molecule has 6 heteroatoms. The van der Waals surface area contributed by atoms with E-state index in [4.69, 9.17) is 16.3 Å². The molecule has 2 aliphatic rings. The summed E-state index contributed by atoms with van der Waals surface area (Å²) in [6.45, 7) is 0.703. The van der Waals surface area contributed by atoms with E-state index in [0.29, 0.717) is 22.9 Å². The SMILES string of the molecule is CN(Cc1ccccc1)C12CCCCC1=Cc1cc(Cl)cc([N+](=O)[O-])c1O2. The molecule has 2 aromatic rings. The maximum absolute atomic E-state index is 11.6. The second-order valence-corrected chi connectivity index (χ2v) is 7.64. The van der Waals surface area contributed by atoms with Crippen molar-refractivity contribution in [3.8, 4) is 5.75 Å². The normalized spacial score (nSPS) is 21.1. The van der Waals surface area contributed by atoms with Crippen LogP contribution in [0.5, 0.6) is 5.75 Å². The summed E-state index contributed by atoms with van der Waals surface area (Å²) >= 11 is 6.11. The zero-order chi connectivity index (χ0) is 19.0. The molecular weight excluding hydrogens is 364 g/mol. The van der Waals surface area contributed by atoms with Crippen molar-refractivity contribution in [3.63, 3.8) is 0 Å². The van der Waals surface area contributed by atoms with E-state index in [1.54, 1.807) is 6.07 Å². The van der Waals surface area contributed by atoms with Crippen molar-refractivity contribution in [1.29, 1.82) is 0 Å². The van der Waals surface area contributed by atoms with E-state index in [-0.39, 0.29) is 5.69 Å². The van der Waals surface area contributed by atoms with Gasteiger partial charge in [0.15, 0.2) is 5.72 Å². The maximum Gasteiger partial charge on any atom is 0.313 e. The third-order valence-corrected chi connectivity index (χ3v) is 5.67. The first-order valence-corrected chi connectivity index (χ1v) is 9.50. The highest BCUT2D eigenvalue weighted by atomic mass is 35.5. The number of fused-ring (bicyclic) bond motifs is 2. The Morgan fingerprint density at radius 3 is 2.78 bits per heavy atom. The van der Waals surface area contributed by atoms with Gasteiger partial charge in [-0.3, -0.25) is 15.0 Å². The molecule has 1 aliphatic carbocycles. The van der Waals surface area contributed by atoms with Crippen LogP contribution in [-0.4, -0.2) is 22.6 Å². The minimum Gasteiger partial charge on any atom is -0.461 e. The van der Waals surface area contributed by atoms with Gasteiger partial charge in [-0.1, -0.05) is 41.9 Å². The lowest BCUT2D eigenvalue weighted by Gasteiger charge is -2.48. The molecule has 2 aromatic carbocycles. The number of rotatable bonds is 4. The molecule has 0 amide bonds. The summed E-state index contributed by atoms with van der Waals surface area (Å²) in [5.41, 5.74) is 2.30. The summed E-state index contributed by atoms with van der Waals surface area (Å²) in [4.78, 5) is 13.3. The molecule has 1 saturated carbocycles. The topological polar surface area (TPSA) is 55.6 Å². The highest BCUT2D eigenvalue weighted by Gasteiger charge is 2.46. The molecule has 5 nitrogen and oxygen atoms in total. The molecular formula is C21H21ClN2O3. The summed E-state index contributed by atoms with van der Waals surface area (Å²) in [5, 5.41) is 11.9. The molecule has 0 radical (unpaired) electrons. The van der Waals surface area contributed by atoms with Crippen molar-refractivity contribution in [1.82, 2.24) is 4.90 Å². The molecule has 0 bridgehead atoms. The van der Waals surface area contributed by atoms with Crippen molar-refractivity contribution in [2.75, 3.05) is 7.05 Å². The third kappa shape index (κ3) is 3.22. The van der Waals surface area contributed by atoms with Crippen LogP contribution in [0.2, 0.25) is 5.02 Å². The van der Waals surface area contributed by atoms with Gasteiger partial charge in [-0.05, 0) is 49.6 Å². The number of halogens is 1. The van der Waals surface area contributed by atoms with Gasteiger partial charge in [-0.2, -0.15) is 0 Å². The quantitative estimate of drug-likeness (QED) is 0.521. The number of ether oxygens (including phenoxy) is 1. The molecule has 0 N–H and O–H groups in total. The fourth-order valence-corrected chi connectivity index (χ4v) is 4.37. The molecule has 140 valence electrons. The van der Waals surface area contributed by atoms with Gasteiger partial charge in [-0.15, -0.1) is 0 Å². The first kappa shape index (κ1) is 18.0. The van der Waals surface area contributed by atoms with E-state index in [9.17, 15) is 10.1 Å². The monoisotopic (exact) mass is 384 g/mol. The van der Waals surface area contributed by atoms with E-state index in [1.807, 2.05) is 31.3 Å². The standard InChI is InChI=1S/C21H21ClN2O3/c1-23(14-15-7-3-2-4-8-15)21-10-6-5-9-17(21)11-16-12-18(22)13-19(24(25)26)20(16)27-21/h2-4,7-8,11-13H,5-6,9-10,14H2,1H3. The molecule has 0 spiro atoms. The van der Waals surface area contributed by atoms with E-state index >= 15 is 0 Å². The Bertz CT molecular complexity index is 913. The van der Waals surface area contributed by atoms with Gasteiger partial charge >= 0.3 is 5.69 Å². The smallest absolute Gasteiger partial charge is 0.313 e. The fourth-order valence-electron chi connectivity index (χ4n) is 4.15. The van der Waals surface area contributed by atoms with Gasteiger partial charge in [-0.25, -0.2) is 0 Å². The first-order chi connectivity index (χ1) is 13.0. The van der Waals surface area contributed by atoms with Gasteiger partial charge in [0.2, 0.25) is 5.75 Å². The first-order valence-electron chi connectivity index (χ1n) is 9.13. The van der Waals surface area contributed by atoms with Crippen LogP contribution in [-0.2, 0) is 6.54 Å². The van der Waals surface area contributed by atoms with Crippen molar-refractivity contribution in [2.45, 2.75) is 38.0 Å². The van der Waals surface area contributed by atoms with E-state index in [2.05, 4.69) is 17.0 Å². The number of nitro benzene ring substituents is 1. The molecule has 27 heavy (non-hydrogen) atoms. The van der Waals surface area contributed by atoms with E-state index in [1.165, 1.54) is 11.6 Å². The number of hydrogen-bond acceptors (Lipinski definition) is 4. The number of hydrogen-bond donors (Lipinski definition) is 0. The molecule has 1 atom stereocenters. The molecule has 1 aliphatic heterocycles. The predicted molar refractivity (Wildman–Crippen MR) is 106 cm³/mol. The fraction of sp³-hybridized carbons (Fsp3) is 0.333. The lowest BCUT2D eigenvalue weighted by atomic mass is 9.82. The summed E-state index contributed by atoms with van der Waals surface area (Å²) in [6, 6.07) is 13.3. The number of nitrogens with zero attached hydrogens (tertiary/aromatic N) is 2. The second kappa shape index (κ2) is 6.98. The number of benzene rings is 2. The van der Waals surface area contributed by atoms with Gasteiger partial charge in [0.1, 0.15) is 0 Å². The zero-order valence-corrected chi connectivity index (χ0v) is 15.9. The van der Waals surface area contributed by atoms with Crippen molar-refractivity contribution in [3.05, 3.63) is 74.3 Å². The van der Waals surface area contributed by atoms with Gasteiger partial charge in [0, 0.05) is 29.6 Å². The van der Waals surface area contributed by atoms with Crippen LogP contribution < -0.4 is 4.74 Å². The van der Waals surface area contributed by atoms with Crippen molar-refractivity contribution >= 4 is 23.4 Å². The van der Waals surface area contributed by atoms with Crippen LogP contribution in [0.3, 0.4) is 0 Å². The molecule has 4 rings (SSSR count). The Kier molecular flexibility index (Phi) is 4.66. The van der Waals surface area contributed by atoms with Gasteiger partial charge in [0.25, 0.3) is 0 Å². The van der Waals surface area contributed by atoms with E-state index < -0.39 is 10.6 Å². The second-order valence-electron chi connectivity index (χ2n) is 7.21. The summed E-state index contributed by atoms with van der Waals surface area (Å²) < 4.78 is 6.46.